The van der Waals surface area contributed by atoms with E-state index >= 15 is 0 Å². The van der Waals surface area contributed by atoms with Crippen LogP contribution in [0.1, 0.15) is 23.7 Å². The molecule has 18 heavy (non-hydrogen) atoms. The lowest BCUT2D eigenvalue weighted by Crippen LogP contribution is -2.34. The quantitative estimate of drug-likeness (QED) is 0.605. The number of carbonyl (C=O) groups is 1. The number of halogens is 1. The molecule has 0 aliphatic carbocycles. The molecule has 5 heteroatoms. The summed E-state index contributed by atoms with van der Waals surface area (Å²) >= 11 is 0. The monoisotopic (exact) mass is 248 g/mol. The zero-order valence-corrected chi connectivity index (χ0v) is 10.1. The molecule has 94 valence electrons. The van der Waals surface area contributed by atoms with Gasteiger partial charge in [-0.2, -0.15) is 0 Å². The van der Waals surface area contributed by atoms with Crippen molar-refractivity contribution in [3.63, 3.8) is 0 Å². The molecule has 1 aliphatic rings. The Morgan fingerprint density at radius 1 is 1.44 bits per heavy atom. The maximum Gasteiger partial charge on any atom is 0.338 e. The number of esters is 1. The zero-order valence-electron chi connectivity index (χ0n) is 10.1. The summed E-state index contributed by atoms with van der Waals surface area (Å²) in [6.45, 7) is 1.83. The van der Waals surface area contributed by atoms with Gasteiger partial charge >= 0.3 is 5.97 Å². The fourth-order valence-electron chi connectivity index (χ4n) is 1.98. The van der Waals surface area contributed by atoms with Crippen LogP contribution in [-0.4, -0.2) is 38.2 Å². The molecule has 0 amide bonds. The second-order valence-electron chi connectivity index (χ2n) is 4.23. The predicted molar refractivity (Wildman–Crippen MR) is 65.2 cm³/mol. The van der Waals surface area contributed by atoms with Gasteiger partial charge in [-0.3, -0.25) is 0 Å². The number of ether oxygens (including phenoxy) is 2. The van der Waals surface area contributed by atoms with Crippen molar-refractivity contribution in [3.05, 3.63) is 35.9 Å². The average Bonchev–Trinajstić information content (AvgIpc) is 2.67. The maximum absolute atomic E-state index is 13.8. The summed E-state index contributed by atoms with van der Waals surface area (Å²) in [4.78, 5) is 11.8. The standard InChI is InChI=1S/C13H14BFO3/c1-2-9-11(10(15)12(14)17-9)18-13(16)8-6-4-3-5-7-8/h3-7,9-12H,2H2,1H3/t9-,10?,11-,12-/m1/s1. The molecule has 1 aromatic carbocycles. The van der Waals surface area contributed by atoms with E-state index in [1.165, 1.54) is 0 Å². The highest BCUT2D eigenvalue weighted by molar-refractivity contribution is 6.11. The van der Waals surface area contributed by atoms with Crippen LogP contribution in [0.2, 0.25) is 0 Å². The van der Waals surface area contributed by atoms with Gasteiger partial charge in [0.05, 0.1) is 17.7 Å². The smallest absolute Gasteiger partial charge is 0.338 e. The highest BCUT2D eigenvalue weighted by Crippen LogP contribution is 2.27. The molecule has 0 N–H and O–H groups in total. The van der Waals surface area contributed by atoms with E-state index in [0.717, 1.165) is 0 Å². The molecule has 0 saturated carbocycles. The fraction of sp³-hybridized carbons (Fsp3) is 0.462. The summed E-state index contributed by atoms with van der Waals surface area (Å²) in [6, 6.07) is 7.44. The van der Waals surface area contributed by atoms with Crippen molar-refractivity contribution < 1.29 is 18.7 Å². The van der Waals surface area contributed by atoms with Gasteiger partial charge in [0.2, 0.25) is 0 Å². The Labute approximate surface area is 107 Å². The molecule has 1 fully saturated rings. The molecule has 4 atom stereocenters. The summed E-state index contributed by atoms with van der Waals surface area (Å²) in [5.41, 5.74) is 0.389. The minimum atomic E-state index is -1.48. The Bertz CT molecular complexity index is 412. The summed E-state index contributed by atoms with van der Waals surface area (Å²) < 4.78 is 24.1. The Balaban J connectivity index is 2.06. The minimum absolute atomic E-state index is 0.389. The van der Waals surface area contributed by atoms with Gasteiger partial charge in [0.15, 0.2) is 12.3 Å². The minimum Gasteiger partial charge on any atom is -0.453 e. The van der Waals surface area contributed by atoms with Crippen LogP contribution < -0.4 is 0 Å². The number of hydrogen-bond acceptors (Lipinski definition) is 3. The molecule has 2 rings (SSSR count). The van der Waals surface area contributed by atoms with Gasteiger partial charge in [0.25, 0.3) is 0 Å². The van der Waals surface area contributed by atoms with Gasteiger partial charge in [-0.05, 0) is 18.6 Å². The van der Waals surface area contributed by atoms with E-state index in [4.69, 9.17) is 17.3 Å². The van der Waals surface area contributed by atoms with E-state index in [9.17, 15) is 9.18 Å². The van der Waals surface area contributed by atoms with Crippen molar-refractivity contribution in [1.82, 2.24) is 0 Å². The van der Waals surface area contributed by atoms with Crippen LogP contribution in [0.3, 0.4) is 0 Å². The first-order chi connectivity index (χ1) is 8.63. The van der Waals surface area contributed by atoms with E-state index in [2.05, 4.69) is 0 Å². The first kappa shape index (κ1) is 13.1. The van der Waals surface area contributed by atoms with Crippen LogP contribution in [0, 0.1) is 0 Å². The molecular weight excluding hydrogens is 234 g/mol. The van der Waals surface area contributed by atoms with Gasteiger partial charge in [0, 0.05) is 0 Å². The molecule has 2 radical (unpaired) electrons. The summed E-state index contributed by atoms with van der Waals surface area (Å²) in [5.74, 6) is -0.556. The molecule has 1 aromatic rings. The van der Waals surface area contributed by atoms with E-state index in [0.29, 0.717) is 12.0 Å². The Kier molecular flexibility index (Phi) is 4.02. The van der Waals surface area contributed by atoms with E-state index in [1.807, 2.05) is 6.92 Å². The second kappa shape index (κ2) is 5.52. The van der Waals surface area contributed by atoms with Gasteiger partial charge in [-0.1, -0.05) is 25.1 Å². The van der Waals surface area contributed by atoms with Crippen LogP contribution in [0.15, 0.2) is 30.3 Å². The molecule has 1 heterocycles. The normalized spacial score (nSPS) is 31.2. The first-order valence-electron chi connectivity index (χ1n) is 5.94. The van der Waals surface area contributed by atoms with E-state index in [-0.39, 0.29) is 0 Å². The van der Waals surface area contributed by atoms with Gasteiger partial charge in [-0.25, -0.2) is 9.18 Å². The van der Waals surface area contributed by atoms with Crippen molar-refractivity contribution in [2.75, 3.05) is 0 Å². The number of carbonyl (C=O) groups excluding carboxylic acids is 1. The molecule has 0 bridgehead atoms. The lowest BCUT2D eigenvalue weighted by atomic mass is 9.94. The molecule has 3 nitrogen and oxygen atoms in total. The van der Waals surface area contributed by atoms with Crippen molar-refractivity contribution in [1.29, 1.82) is 0 Å². The maximum atomic E-state index is 13.8. The topological polar surface area (TPSA) is 35.5 Å². The Morgan fingerprint density at radius 2 is 2.11 bits per heavy atom. The van der Waals surface area contributed by atoms with Crippen LogP contribution in [0.25, 0.3) is 0 Å². The summed E-state index contributed by atoms with van der Waals surface area (Å²) in [5, 5.41) is 0. The molecule has 1 aliphatic heterocycles. The van der Waals surface area contributed by atoms with Crippen LogP contribution in [0.4, 0.5) is 4.39 Å². The van der Waals surface area contributed by atoms with E-state index in [1.54, 1.807) is 30.3 Å². The number of hydrogen-bond donors (Lipinski definition) is 0. The summed E-state index contributed by atoms with van der Waals surface area (Å²) in [6.07, 6.45) is -2.36. The zero-order chi connectivity index (χ0) is 13.1. The van der Waals surface area contributed by atoms with Gasteiger partial charge in [-0.15, -0.1) is 0 Å². The second-order valence-corrected chi connectivity index (χ2v) is 4.23. The van der Waals surface area contributed by atoms with Gasteiger partial charge < -0.3 is 9.47 Å². The van der Waals surface area contributed by atoms with Crippen molar-refractivity contribution in [2.45, 2.75) is 37.7 Å². The molecule has 0 spiro atoms. The fourth-order valence-corrected chi connectivity index (χ4v) is 1.98. The lowest BCUT2D eigenvalue weighted by Gasteiger charge is -2.18. The summed E-state index contributed by atoms with van der Waals surface area (Å²) in [7, 11) is 5.46. The Morgan fingerprint density at radius 3 is 2.72 bits per heavy atom. The largest absolute Gasteiger partial charge is 0.453 e. The van der Waals surface area contributed by atoms with Crippen molar-refractivity contribution in [3.8, 4) is 0 Å². The lowest BCUT2D eigenvalue weighted by molar-refractivity contribution is -0.00949. The van der Waals surface area contributed by atoms with Crippen LogP contribution in [-0.2, 0) is 9.47 Å². The molecule has 0 aromatic heterocycles. The van der Waals surface area contributed by atoms with E-state index < -0.39 is 30.4 Å². The van der Waals surface area contributed by atoms with Crippen LogP contribution in [0.5, 0.6) is 0 Å². The SMILES string of the molecule is [B][C@@H]1O[C@H](CC)[C@@H](OC(=O)c2ccccc2)C1F. The number of rotatable bonds is 3. The van der Waals surface area contributed by atoms with Crippen LogP contribution >= 0.6 is 0 Å². The van der Waals surface area contributed by atoms with Crippen molar-refractivity contribution >= 4 is 13.8 Å². The third-order valence-corrected chi connectivity index (χ3v) is 2.98. The Hall–Kier alpha value is -1.36. The van der Waals surface area contributed by atoms with Gasteiger partial charge in [0.1, 0.15) is 7.85 Å². The molecule has 1 saturated heterocycles. The number of benzene rings is 1. The van der Waals surface area contributed by atoms with Crippen molar-refractivity contribution in [2.24, 2.45) is 0 Å². The molecule has 1 unspecified atom stereocenters. The highest BCUT2D eigenvalue weighted by Gasteiger charge is 2.44. The molecular formula is C13H14BFO3. The third-order valence-electron chi connectivity index (χ3n) is 2.98. The first-order valence-corrected chi connectivity index (χ1v) is 5.94. The highest BCUT2D eigenvalue weighted by atomic mass is 19.1. The predicted octanol–water partition coefficient (Wildman–Crippen LogP) is 1.85. The average molecular weight is 248 g/mol. The number of alkyl halides is 1. The third kappa shape index (κ3) is 2.56.